The molecule has 0 spiro atoms. The van der Waals surface area contributed by atoms with Crippen molar-refractivity contribution in [3.63, 3.8) is 0 Å². The molecule has 4 rings (SSSR count). The zero-order chi connectivity index (χ0) is 20.8. The van der Waals surface area contributed by atoms with Crippen LogP contribution in [0.15, 0.2) is 53.7 Å². The Hall–Kier alpha value is -3.09. The molecule has 3 aromatic rings. The van der Waals surface area contributed by atoms with Gasteiger partial charge in [-0.05, 0) is 55.5 Å². The van der Waals surface area contributed by atoms with Crippen LogP contribution in [0, 0.1) is 5.92 Å². The summed E-state index contributed by atoms with van der Waals surface area (Å²) in [6.07, 6.45) is 4.54. The van der Waals surface area contributed by atoms with Crippen LogP contribution in [0.4, 0.5) is 5.69 Å². The summed E-state index contributed by atoms with van der Waals surface area (Å²) in [4.78, 5) is 7.23. The van der Waals surface area contributed by atoms with Crippen molar-refractivity contribution in [2.75, 3.05) is 24.5 Å². The molecule has 0 amide bonds. The van der Waals surface area contributed by atoms with Gasteiger partial charge in [0.15, 0.2) is 17.4 Å². The molecule has 0 bridgehead atoms. The molecule has 3 heterocycles. The van der Waals surface area contributed by atoms with Gasteiger partial charge in [0, 0.05) is 31.5 Å². The minimum atomic E-state index is 0.559. The van der Waals surface area contributed by atoms with Gasteiger partial charge in [-0.1, -0.05) is 25.1 Å². The summed E-state index contributed by atoms with van der Waals surface area (Å²) < 4.78 is 1.98. The van der Waals surface area contributed by atoms with Crippen molar-refractivity contribution in [2.24, 2.45) is 10.9 Å². The molecule has 1 fully saturated rings. The van der Waals surface area contributed by atoms with Crippen molar-refractivity contribution < 1.29 is 0 Å². The van der Waals surface area contributed by atoms with E-state index in [0.29, 0.717) is 13.1 Å². The zero-order valence-corrected chi connectivity index (χ0v) is 17.9. The number of rotatable bonds is 6. The highest BCUT2D eigenvalue weighted by atomic mass is 15.3. The average molecular weight is 406 g/mol. The van der Waals surface area contributed by atoms with E-state index in [2.05, 4.69) is 63.8 Å². The second-order valence-corrected chi connectivity index (χ2v) is 7.93. The maximum atomic E-state index is 4.74. The summed E-state index contributed by atoms with van der Waals surface area (Å²) in [6.45, 7) is 8.72. The molecule has 1 aliphatic rings. The first kappa shape index (κ1) is 20.2. The molecule has 7 heteroatoms. The predicted octanol–water partition coefficient (Wildman–Crippen LogP) is 3.22. The monoisotopic (exact) mass is 405 g/mol. The number of anilines is 1. The fourth-order valence-corrected chi connectivity index (χ4v) is 3.77. The quantitative estimate of drug-likeness (QED) is 0.487. The number of hydrogen-bond acceptors (Lipinski definition) is 4. The van der Waals surface area contributed by atoms with Crippen molar-refractivity contribution in [3.05, 3.63) is 60.0 Å². The van der Waals surface area contributed by atoms with Crippen LogP contribution in [0.3, 0.4) is 0 Å². The summed E-state index contributed by atoms with van der Waals surface area (Å²) in [6, 6.07) is 14.7. The fraction of sp³-hybridized carbons (Fsp3) is 0.435. The Balaban J connectivity index is 1.36. The summed E-state index contributed by atoms with van der Waals surface area (Å²) in [7, 11) is 0. The van der Waals surface area contributed by atoms with E-state index in [-0.39, 0.29) is 0 Å². The number of nitrogens with zero attached hydrogens (tertiary/aromatic N) is 5. The van der Waals surface area contributed by atoms with Crippen LogP contribution in [0.5, 0.6) is 0 Å². The lowest BCUT2D eigenvalue weighted by atomic mass is 9.99. The SMILES string of the molecule is CCNC(=NCc1ccc(N2CCC(C)CC2)cc1)NCc1nnc2ccccn12. The van der Waals surface area contributed by atoms with E-state index in [1.807, 2.05) is 28.8 Å². The highest BCUT2D eigenvalue weighted by Gasteiger charge is 2.15. The Morgan fingerprint density at radius 1 is 1.07 bits per heavy atom. The van der Waals surface area contributed by atoms with E-state index in [1.54, 1.807) is 0 Å². The molecule has 7 nitrogen and oxygen atoms in total. The Labute approximate surface area is 178 Å². The van der Waals surface area contributed by atoms with E-state index in [9.17, 15) is 0 Å². The van der Waals surface area contributed by atoms with Crippen molar-refractivity contribution in [1.82, 2.24) is 25.2 Å². The van der Waals surface area contributed by atoms with E-state index in [4.69, 9.17) is 4.99 Å². The summed E-state index contributed by atoms with van der Waals surface area (Å²) in [5.41, 5.74) is 3.37. The number of fused-ring (bicyclic) bond motifs is 1. The Bertz CT molecular complexity index is 969. The number of aliphatic imine (C=N–C) groups is 1. The molecule has 30 heavy (non-hydrogen) atoms. The summed E-state index contributed by atoms with van der Waals surface area (Å²) in [5, 5.41) is 15.1. The molecular weight excluding hydrogens is 374 g/mol. The topological polar surface area (TPSA) is 69.8 Å². The van der Waals surface area contributed by atoms with Crippen LogP contribution in [-0.2, 0) is 13.1 Å². The fourth-order valence-electron chi connectivity index (χ4n) is 3.77. The third-order valence-corrected chi connectivity index (χ3v) is 5.65. The molecule has 2 aromatic heterocycles. The van der Waals surface area contributed by atoms with Gasteiger partial charge in [-0.2, -0.15) is 0 Å². The smallest absolute Gasteiger partial charge is 0.191 e. The highest BCUT2D eigenvalue weighted by Crippen LogP contribution is 2.23. The van der Waals surface area contributed by atoms with Crippen LogP contribution >= 0.6 is 0 Å². The molecule has 1 aromatic carbocycles. The Morgan fingerprint density at radius 3 is 2.63 bits per heavy atom. The van der Waals surface area contributed by atoms with Crippen molar-refractivity contribution in [2.45, 2.75) is 39.8 Å². The minimum absolute atomic E-state index is 0.559. The normalized spacial score (nSPS) is 15.5. The predicted molar refractivity (Wildman–Crippen MR) is 122 cm³/mol. The van der Waals surface area contributed by atoms with Crippen LogP contribution in [-0.4, -0.2) is 40.2 Å². The number of hydrogen-bond donors (Lipinski definition) is 2. The molecule has 0 saturated carbocycles. The molecular formula is C23H31N7. The van der Waals surface area contributed by atoms with Gasteiger partial charge in [-0.3, -0.25) is 4.40 Å². The van der Waals surface area contributed by atoms with E-state index in [1.165, 1.54) is 24.1 Å². The zero-order valence-electron chi connectivity index (χ0n) is 17.9. The molecule has 0 aliphatic carbocycles. The number of guanidine groups is 1. The van der Waals surface area contributed by atoms with Gasteiger partial charge in [-0.25, -0.2) is 4.99 Å². The molecule has 1 saturated heterocycles. The lowest BCUT2D eigenvalue weighted by Gasteiger charge is -2.32. The second-order valence-electron chi connectivity index (χ2n) is 7.93. The Kier molecular flexibility index (Phi) is 6.47. The maximum Gasteiger partial charge on any atom is 0.191 e. The number of piperidine rings is 1. The minimum Gasteiger partial charge on any atom is -0.372 e. The van der Waals surface area contributed by atoms with E-state index in [0.717, 1.165) is 43.0 Å². The first-order valence-electron chi connectivity index (χ1n) is 10.9. The molecule has 158 valence electrons. The van der Waals surface area contributed by atoms with Gasteiger partial charge < -0.3 is 15.5 Å². The van der Waals surface area contributed by atoms with Gasteiger partial charge in [-0.15, -0.1) is 10.2 Å². The van der Waals surface area contributed by atoms with Gasteiger partial charge in [0.05, 0.1) is 13.1 Å². The largest absolute Gasteiger partial charge is 0.372 e. The second kappa shape index (κ2) is 9.61. The van der Waals surface area contributed by atoms with Crippen LogP contribution in [0.2, 0.25) is 0 Å². The first-order chi connectivity index (χ1) is 14.7. The summed E-state index contributed by atoms with van der Waals surface area (Å²) >= 11 is 0. The summed E-state index contributed by atoms with van der Waals surface area (Å²) in [5.74, 6) is 2.48. The van der Waals surface area contributed by atoms with Gasteiger partial charge >= 0.3 is 0 Å². The van der Waals surface area contributed by atoms with Crippen molar-refractivity contribution in [1.29, 1.82) is 0 Å². The first-order valence-corrected chi connectivity index (χ1v) is 10.9. The van der Waals surface area contributed by atoms with Gasteiger partial charge in [0.25, 0.3) is 0 Å². The van der Waals surface area contributed by atoms with Crippen LogP contribution in [0.25, 0.3) is 5.65 Å². The third-order valence-electron chi connectivity index (χ3n) is 5.65. The van der Waals surface area contributed by atoms with E-state index < -0.39 is 0 Å². The lowest BCUT2D eigenvalue weighted by Crippen LogP contribution is -2.37. The average Bonchev–Trinajstić information content (AvgIpc) is 3.20. The number of aromatic nitrogens is 3. The van der Waals surface area contributed by atoms with Gasteiger partial charge in [0.2, 0.25) is 0 Å². The van der Waals surface area contributed by atoms with Crippen molar-refractivity contribution >= 4 is 17.3 Å². The lowest BCUT2D eigenvalue weighted by molar-refractivity contribution is 0.438. The number of nitrogens with one attached hydrogen (secondary N) is 2. The highest BCUT2D eigenvalue weighted by molar-refractivity contribution is 5.79. The molecule has 0 unspecified atom stereocenters. The maximum absolute atomic E-state index is 4.74. The molecule has 2 N–H and O–H groups in total. The Morgan fingerprint density at radius 2 is 1.87 bits per heavy atom. The molecule has 0 radical (unpaired) electrons. The third kappa shape index (κ3) is 4.90. The molecule has 1 aliphatic heterocycles. The number of pyridine rings is 1. The number of benzene rings is 1. The van der Waals surface area contributed by atoms with Crippen LogP contribution in [0.1, 0.15) is 38.1 Å². The van der Waals surface area contributed by atoms with Crippen LogP contribution < -0.4 is 15.5 Å². The van der Waals surface area contributed by atoms with Gasteiger partial charge in [0.1, 0.15) is 0 Å². The van der Waals surface area contributed by atoms with Crippen molar-refractivity contribution in [3.8, 4) is 0 Å². The molecule has 0 atom stereocenters. The van der Waals surface area contributed by atoms with E-state index >= 15 is 0 Å². The standard InChI is InChI=1S/C23H31N7/c1-3-24-23(26-17-22-28-27-21-6-4-5-13-30(21)22)25-16-19-7-9-20(10-8-19)29-14-11-18(2)12-15-29/h4-10,13,18H,3,11-12,14-17H2,1-2H3,(H2,24,25,26).